The fraction of sp³-hybridized carbons (Fsp3) is 0.689. The number of hydrogen-bond donors (Lipinski definition) is 21. The molecule has 5 fully saturated rings. The molecule has 6 aromatic rings. The second-order valence-corrected chi connectivity index (χ2v) is 30.4. The van der Waals surface area contributed by atoms with Crippen molar-refractivity contribution < 1.29 is 88.3 Å². The van der Waals surface area contributed by atoms with Crippen molar-refractivity contribution in [1.82, 2.24) is 132 Å². The molecule has 0 spiro atoms. The van der Waals surface area contributed by atoms with Crippen molar-refractivity contribution in [3.8, 4) is 0 Å². The maximum atomic E-state index is 12.9. The molecule has 11 heterocycles. The van der Waals surface area contributed by atoms with Gasteiger partial charge in [0.1, 0.15) is 42.7 Å². The van der Waals surface area contributed by atoms with Crippen molar-refractivity contribution in [1.29, 1.82) is 0 Å². The highest BCUT2D eigenvalue weighted by atomic mass is 16.6. The number of likely N-dealkylation sites (N-methyl/N-ethyl adjacent to an activating group) is 2. The number of fused-ring (bicyclic) bond motifs is 3. The predicted molar refractivity (Wildman–Crippen MR) is 439 cm³/mol. The molecule has 0 bridgehead atoms. The minimum Gasteiger partial charge on any atom is -0.394 e. The number of urea groups is 3. The summed E-state index contributed by atoms with van der Waals surface area (Å²) in [5.74, 6) is -1.13. The number of nitrogens with one attached hydrogen (secondary N) is 14. The monoisotopic (exact) mass is 1700 g/mol. The third kappa shape index (κ3) is 24.5. The molecule has 0 aliphatic carbocycles. The van der Waals surface area contributed by atoms with Gasteiger partial charge in [-0.3, -0.25) is 42.6 Å². The highest BCUT2D eigenvalue weighted by molar-refractivity contribution is 5.96. The molecule has 21 N–H and O–H groups in total. The summed E-state index contributed by atoms with van der Waals surface area (Å²) in [6.07, 6.45) is -5.45. The highest BCUT2D eigenvalue weighted by Crippen LogP contribution is 2.36. The van der Waals surface area contributed by atoms with Crippen LogP contribution in [0.1, 0.15) is 138 Å². The summed E-state index contributed by atoms with van der Waals surface area (Å²) in [5.41, 5.74) is 1.43. The normalized spacial score (nSPS) is 22.5. The van der Waals surface area contributed by atoms with Crippen molar-refractivity contribution in [2.45, 2.75) is 173 Å². The number of aliphatic hydroxyl groups excluding tert-OH is 7. The van der Waals surface area contributed by atoms with E-state index in [1.54, 1.807) is 35.0 Å². The summed E-state index contributed by atoms with van der Waals surface area (Å²) in [6.45, 7) is 25.8. The van der Waals surface area contributed by atoms with E-state index in [0.717, 1.165) is 51.7 Å². The van der Waals surface area contributed by atoms with Crippen molar-refractivity contribution >= 4 is 98.6 Å². The second-order valence-electron chi connectivity index (χ2n) is 30.4. The first-order valence-electron chi connectivity index (χ1n) is 41.1. The lowest BCUT2D eigenvalue weighted by Crippen LogP contribution is -2.45. The van der Waals surface area contributed by atoms with Gasteiger partial charge in [0.25, 0.3) is 29.5 Å². The number of rotatable bonds is 35. The van der Waals surface area contributed by atoms with Crippen molar-refractivity contribution in [3.63, 3.8) is 0 Å². The maximum Gasteiger partial charge on any atom is 0.314 e. The lowest BCUT2D eigenvalue weighted by atomic mass is 9.87. The summed E-state index contributed by atoms with van der Waals surface area (Å²) < 4.78 is 21.0. The van der Waals surface area contributed by atoms with Gasteiger partial charge in [-0.25, -0.2) is 59.2 Å². The summed E-state index contributed by atoms with van der Waals surface area (Å²) in [5, 5.41) is 110. The van der Waals surface area contributed by atoms with Crippen LogP contribution >= 0.6 is 0 Å². The van der Waals surface area contributed by atoms with E-state index in [1.165, 1.54) is 64.8 Å². The van der Waals surface area contributed by atoms with Crippen LogP contribution in [0.3, 0.4) is 0 Å². The van der Waals surface area contributed by atoms with Gasteiger partial charge >= 0.3 is 18.1 Å². The van der Waals surface area contributed by atoms with Crippen LogP contribution in [-0.2, 0) is 23.8 Å². The number of anilines is 3. The Morgan fingerprint density at radius 2 is 0.769 bits per heavy atom. The van der Waals surface area contributed by atoms with Crippen molar-refractivity contribution in [2.75, 3.05) is 162 Å². The van der Waals surface area contributed by atoms with Gasteiger partial charge in [-0.15, -0.1) is 0 Å². The largest absolute Gasteiger partial charge is 0.394 e. The number of aromatic nitrogens is 12. The first-order valence-corrected chi connectivity index (χ1v) is 41.1. The molecule has 5 saturated heterocycles. The van der Waals surface area contributed by atoms with Crippen LogP contribution in [0.2, 0.25) is 0 Å². The summed E-state index contributed by atoms with van der Waals surface area (Å²) >= 11 is 0. The Hall–Kier alpha value is -10.3. The third-order valence-corrected chi connectivity index (χ3v) is 21.1. The molecular formula is C74H121N29O18. The number of carbonyl (C=O) groups is 8. The molecule has 0 unspecified atom stereocenters. The van der Waals surface area contributed by atoms with Gasteiger partial charge in [-0.05, 0) is 105 Å². The average molecular weight is 1700 g/mol. The van der Waals surface area contributed by atoms with E-state index in [2.05, 4.69) is 176 Å². The fourth-order valence-electron chi connectivity index (χ4n) is 14.6. The molecule has 5 aliphatic rings. The van der Waals surface area contributed by atoms with E-state index in [-0.39, 0.29) is 109 Å². The number of aliphatic hydroxyl groups is 7. The lowest BCUT2D eigenvalue weighted by molar-refractivity contribution is -0.138. The number of nitrogens with zero attached hydrogens (tertiary/aromatic N) is 15. The molecule has 0 aromatic carbocycles. The van der Waals surface area contributed by atoms with Crippen LogP contribution in [0.25, 0.3) is 33.5 Å². The van der Waals surface area contributed by atoms with Gasteiger partial charge in [0.2, 0.25) is 17.5 Å². The Morgan fingerprint density at radius 3 is 1.11 bits per heavy atom. The van der Waals surface area contributed by atoms with E-state index in [1.807, 2.05) is 0 Å². The maximum absolute atomic E-state index is 12.9. The first kappa shape index (κ1) is 94.5. The number of likely N-dealkylation sites (tertiary alicyclic amines) is 2. The molecule has 670 valence electrons. The van der Waals surface area contributed by atoms with E-state index in [0.29, 0.717) is 67.3 Å². The van der Waals surface area contributed by atoms with E-state index in [4.69, 9.17) is 14.2 Å². The van der Waals surface area contributed by atoms with Crippen LogP contribution in [0.4, 0.5) is 31.8 Å². The molecule has 11 rings (SSSR count). The molecule has 12 atom stereocenters. The van der Waals surface area contributed by atoms with Gasteiger partial charge in [-0.1, -0.05) is 20.3 Å². The zero-order valence-corrected chi connectivity index (χ0v) is 70.3. The molecule has 5 aliphatic heterocycles. The minimum absolute atomic E-state index is 0.134. The molecule has 6 aromatic heterocycles. The van der Waals surface area contributed by atoms with E-state index in [9.17, 15) is 74.1 Å². The predicted octanol–water partition coefficient (Wildman–Crippen LogP) is -4.21. The molecule has 47 nitrogen and oxygen atoms in total. The molecule has 0 radical (unpaired) electrons. The SMILES string of the molecule is CCNC(=O)[C@H]1O[C@@H](n2cnc3c(NC)nc(C(=O)NCCNC(=O)NCCN4CCC(C(C)C)CC4)nc32)[C@H](O)[C@@H]1O.CCNC(=O)[C@H]1O[C@@H](n2cnc3c(NC)nc(C(=O)NCCNC(=O)NCCN4CCCCC4)nc32)[C@H](O)[C@@H]1O.CNc1nc(C(=O)NCCNC(=O)NCCN(C(C)C)C(C)C)nc2c1ncn2[C@@H]1O[C@H](CO)[C@@H](O)[C@H]1O. The van der Waals surface area contributed by atoms with Gasteiger partial charge in [0, 0.05) is 125 Å². The van der Waals surface area contributed by atoms with Crippen LogP contribution in [0.5, 0.6) is 0 Å². The number of amides is 11. The number of piperidine rings is 2. The highest BCUT2D eigenvalue weighted by Gasteiger charge is 2.50. The van der Waals surface area contributed by atoms with Crippen LogP contribution in [0.15, 0.2) is 19.0 Å². The van der Waals surface area contributed by atoms with Crippen molar-refractivity contribution in [3.05, 3.63) is 36.5 Å². The van der Waals surface area contributed by atoms with E-state index >= 15 is 0 Å². The molecule has 121 heavy (non-hydrogen) atoms. The Bertz CT molecular complexity index is 4400. The lowest BCUT2D eigenvalue weighted by Gasteiger charge is -2.33. The summed E-state index contributed by atoms with van der Waals surface area (Å²) in [4.78, 5) is 145. The average Bonchev–Trinajstić information content (AvgIpc) is 1.62. The molecule has 0 saturated carbocycles. The van der Waals surface area contributed by atoms with Crippen LogP contribution in [-0.4, -0.2) is 369 Å². The van der Waals surface area contributed by atoms with Gasteiger partial charge < -0.3 is 134 Å². The number of ether oxygens (including phenoxy) is 3. The summed E-state index contributed by atoms with van der Waals surface area (Å²) in [6, 6.07) is -0.205. The molecular weight excluding hydrogens is 1580 g/mol. The van der Waals surface area contributed by atoms with Crippen molar-refractivity contribution in [2.24, 2.45) is 11.8 Å². The van der Waals surface area contributed by atoms with Crippen LogP contribution in [0, 0.1) is 11.8 Å². The molecule has 11 amide bonds. The smallest absolute Gasteiger partial charge is 0.314 e. The number of carbonyl (C=O) groups excluding carboxylic acids is 8. The zero-order chi connectivity index (χ0) is 87.7. The zero-order valence-electron chi connectivity index (χ0n) is 70.3. The number of hydrogen-bond acceptors (Lipinski definition) is 33. The fourth-order valence-corrected chi connectivity index (χ4v) is 14.6. The third-order valence-electron chi connectivity index (χ3n) is 21.1. The quantitative estimate of drug-likeness (QED) is 0.0168. The van der Waals surface area contributed by atoms with Gasteiger partial charge in [-0.2, -0.15) is 0 Å². The second kappa shape index (κ2) is 45.5. The Labute approximate surface area is 699 Å². The minimum atomic E-state index is -1.48. The topological polar surface area (TPSA) is 615 Å². The van der Waals surface area contributed by atoms with Gasteiger partial charge in [0.05, 0.1) is 25.6 Å². The first-order chi connectivity index (χ1) is 58.1. The van der Waals surface area contributed by atoms with E-state index < -0.39 is 110 Å². The standard InChI is InChI=1S/C27H44N10O6.C24H38N10O6.C23H39N9O6/c1-5-29-24(40)20-18(38)19(39)26(43-20)37-14-33-17-21(28-4)34-22(35-23(17)37)25(41)30-8-9-31-27(42)32-10-13-36-11-6-16(7-12-36)15(2)3;1-3-26-21(37)17-15(35)16(36)23(40-17)34-13-30-14-18(25-2)31-19(32-20(14)34)22(38)27-7-8-28-24(39)29-9-12-33-10-5-4-6-11-33;1-12(2)31(13(3)4)9-8-27-23(37)26-7-6-25-21(36)19-29-18(24-5)15-20(30-19)32(11-28-15)22-17(35)16(34)14(10-33)38-22/h14-16,18-20,26,38-39H,5-13H2,1-4H3,(H,29,40)(H,30,41)(H,28,34,35)(H2,31,32,42);13,15-17,23,35-36H,3-12H2,1-2H3,(H,26,37)(H,27,38)(H,25,31,32)(H2,28,29,39);11-14,16-17,22,33-35H,6-10H2,1-5H3,(H,25,36)(H,24,29,30)(H2,26,27,37)/t18-,19+,20-,26+;15-,16+,17-,23+;14-,16-,17-,22-/m001/s1. The Balaban J connectivity index is 0.000000207. The van der Waals surface area contributed by atoms with Crippen LogP contribution < -0.4 is 74.4 Å². The van der Waals surface area contributed by atoms with Gasteiger partial charge in [0.15, 0.2) is 81.8 Å². The molecule has 47 heteroatoms. The Morgan fingerprint density at radius 1 is 0.430 bits per heavy atom. The summed E-state index contributed by atoms with van der Waals surface area (Å²) in [7, 11) is 4.82. The number of imidazole rings is 3. The Kier molecular flexibility index (Phi) is 35.6.